The van der Waals surface area contributed by atoms with E-state index in [9.17, 15) is 5.11 Å². The molecule has 2 heteroatoms. The monoisotopic (exact) mass is 215 g/mol. The van der Waals surface area contributed by atoms with Gasteiger partial charge in [0.15, 0.2) is 0 Å². The average molecular weight is 215 g/mol. The van der Waals surface area contributed by atoms with Crippen LogP contribution in [0, 0.1) is 6.92 Å². The number of aliphatic hydroxyl groups is 1. The van der Waals surface area contributed by atoms with Gasteiger partial charge < -0.3 is 9.67 Å². The molecule has 1 atom stereocenters. The van der Waals surface area contributed by atoms with Crippen LogP contribution in [-0.4, -0.2) is 9.67 Å². The number of benzene rings is 1. The van der Waals surface area contributed by atoms with Gasteiger partial charge in [0, 0.05) is 18.0 Å². The Labute approximate surface area is 95.5 Å². The fourth-order valence-electron chi connectivity index (χ4n) is 2.95. The second kappa shape index (κ2) is 3.36. The van der Waals surface area contributed by atoms with E-state index >= 15 is 0 Å². The lowest BCUT2D eigenvalue weighted by Gasteiger charge is -2.19. The molecule has 0 saturated carbocycles. The Kier molecular flexibility index (Phi) is 2.08. The minimum absolute atomic E-state index is 0.276. The molecule has 2 aromatic rings. The number of aromatic nitrogens is 1. The second-order valence-electron chi connectivity index (χ2n) is 4.85. The van der Waals surface area contributed by atoms with Gasteiger partial charge in [-0.2, -0.15) is 0 Å². The van der Waals surface area contributed by atoms with Gasteiger partial charge in [-0.1, -0.05) is 11.6 Å². The molecule has 3 rings (SSSR count). The van der Waals surface area contributed by atoms with Crippen molar-refractivity contribution < 1.29 is 5.11 Å². The van der Waals surface area contributed by atoms with Crippen molar-refractivity contribution in [1.29, 1.82) is 0 Å². The predicted octanol–water partition coefficient (Wildman–Crippen LogP) is 2.86. The molecule has 0 spiro atoms. The fourth-order valence-corrected chi connectivity index (χ4v) is 2.95. The highest BCUT2D eigenvalue weighted by Crippen LogP contribution is 2.36. The standard InChI is InChI=1S/C14H17NO/c1-9-6-7-12-11(8-9)10-4-3-5-13(16)14(10)15(12)2/h6-8,13,16H,3-5H2,1-2H3/t13-/m1/s1. The number of hydrogen-bond acceptors (Lipinski definition) is 1. The molecule has 0 bridgehead atoms. The number of fused-ring (bicyclic) bond motifs is 3. The van der Waals surface area contributed by atoms with E-state index in [0.717, 1.165) is 25.0 Å². The van der Waals surface area contributed by atoms with Gasteiger partial charge in [-0.15, -0.1) is 0 Å². The maximum Gasteiger partial charge on any atom is 0.0942 e. The first-order valence-electron chi connectivity index (χ1n) is 5.94. The molecular weight excluding hydrogens is 198 g/mol. The van der Waals surface area contributed by atoms with Crippen LogP contribution in [0.15, 0.2) is 18.2 Å². The van der Waals surface area contributed by atoms with Crippen LogP contribution in [-0.2, 0) is 13.5 Å². The average Bonchev–Trinajstić information content (AvgIpc) is 2.54. The van der Waals surface area contributed by atoms with Crippen molar-refractivity contribution in [2.75, 3.05) is 0 Å². The minimum atomic E-state index is -0.276. The Morgan fingerprint density at radius 1 is 1.38 bits per heavy atom. The van der Waals surface area contributed by atoms with Crippen LogP contribution in [0.25, 0.3) is 10.9 Å². The molecule has 16 heavy (non-hydrogen) atoms. The van der Waals surface area contributed by atoms with Gasteiger partial charge in [0.05, 0.1) is 11.8 Å². The molecule has 0 fully saturated rings. The lowest BCUT2D eigenvalue weighted by atomic mass is 9.93. The molecule has 1 aromatic heterocycles. The van der Waals surface area contributed by atoms with Gasteiger partial charge >= 0.3 is 0 Å². The lowest BCUT2D eigenvalue weighted by molar-refractivity contribution is 0.149. The van der Waals surface area contributed by atoms with E-state index in [-0.39, 0.29) is 6.10 Å². The Bertz CT molecular complexity index is 553. The molecule has 0 saturated heterocycles. The number of rotatable bonds is 0. The lowest BCUT2D eigenvalue weighted by Crippen LogP contribution is -2.11. The normalized spacial score (nSPS) is 20.1. The molecule has 0 unspecified atom stereocenters. The first kappa shape index (κ1) is 9.91. The summed E-state index contributed by atoms with van der Waals surface area (Å²) in [5.74, 6) is 0. The summed E-state index contributed by atoms with van der Waals surface area (Å²) in [6.07, 6.45) is 2.83. The van der Waals surface area contributed by atoms with Crippen molar-refractivity contribution in [1.82, 2.24) is 4.57 Å². The van der Waals surface area contributed by atoms with E-state index in [4.69, 9.17) is 0 Å². The molecular formula is C14H17NO. The van der Waals surface area contributed by atoms with E-state index in [0.29, 0.717) is 0 Å². The summed E-state index contributed by atoms with van der Waals surface area (Å²) in [5, 5.41) is 11.4. The molecule has 0 aliphatic heterocycles. The van der Waals surface area contributed by atoms with Crippen LogP contribution in [0.3, 0.4) is 0 Å². The van der Waals surface area contributed by atoms with Gasteiger partial charge in [0.25, 0.3) is 0 Å². The highest BCUT2D eigenvalue weighted by molar-refractivity contribution is 5.86. The van der Waals surface area contributed by atoms with Gasteiger partial charge in [-0.05, 0) is 43.9 Å². The van der Waals surface area contributed by atoms with E-state index in [1.54, 1.807) is 0 Å². The molecule has 1 N–H and O–H groups in total. The third-order valence-electron chi connectivity index (χ3n) is 3.73. The van der Waals surface area contributed by atoms with Crippen molar-refractivity contribution in [2.45, 2.75) is 32.3 Å². The highest BCUT2D eigenvalue weighted by Gasteiger charge is 2.24. The molecule has 0 radical (unpaired) electrons. The third kappa shape index (κ3) is 1.23. The quantitative estimate of drug-likeness (QED) is 0.718. The molecule has 2 nitrogen and oxygen atoms in total. The van der Waals surface area contributed by atoms with Crippen molar-refractivity contribution in [3.63, 3.8) is 0 Å². The molecule has 84 valence electrons. The van der Waals surface area contributed by atoms with Gasteiger partial charge in [-0.3, -0.25) is 0 Å². The van der Waals surface area contributed by atoms with Crippen molar-refractivity contribution in [3.05, 3.63) is 35.0 Å². The van der Waals surface area contributed by atoms with Crippen LogP contribution in [0.2, 0.25) is 0 Å². The van der Waals surface area contributed by atoms with E-state index in [2.05, 4.69) is 36.7 Å². The predicted molar refractivity (Wildman–Crippen MR) is 65.6 cm³/mol. The van der Waals surface area contributed by atoms with Crippen LogP contribution in [0.1, 0.15) is 35.8 Å². The Morgan fingerprint density at radius 2 is 2.19 bits per heavy atom. The van der Waals surface area contributed by atoms with Crippen LogP contribution >= 0.6 is 0 Å². The summed E-state index contributed by atoms with van der Waals surface area (Å²) >= 11 is 0. The molecule has 1 heterocycles. The highest BCUT2D eigenvalue weighted by atomic mass is 16.3. The summed E-state index contributed by atoms with van der Waals surface area (Å²) in [7, 11) is 2.06. The van der Waals surface area contributed by atoms with Crippen molar-refractivity contribution >= 4 is 10.9 Å². The van der Waals surface area contributed by atoms with Crippen LogP contribution in [0.4, 0.5) is 0 Å². The summed E-state index contributed by atoms with van der Waals surface area (Å²) in [5.41, 5.74) is 5.03. The zero-order chi connectivity index (χ0) is 11.3. The minimum Gasteiger partial charge on any atom is -0.387 e. The number of hydrogen-bond donors (Lipinski definition) is 1. The van der Waals surface area contributed by atoms with Gasteiger partial charge in [0.1, 0.15) is 0 Å². The zero-order valence-corrected chi connectivity index (χ0v) is 9.83. The van der Waals surface area contributed by atoms with Crippen LogP contribution in [0.5, 0.6) is 0 Å². The summed E-state index contributed by atoms with van der Waals surface area (Å²) in [4.78, 5) is 0. The SMILES string of the molecule is Cc1ccc2c(c1)c1c(n2C)[C@H](O)CCC1. The summed E-state index contributed by atoms with van der Waals surface area (Å²) in [6.45, 7) is 2.12. The molecule has 1 aromatic carbocycles. The molecule has 1 aliphatic carbocycles. The smallest absolute Gasteiger partial charge is 0.0942 e. The zero-order valence-electron chi connectivity index (χ0n) is 9.83. The largest absolute Gasteiger partial charge is 0.387 e. The van der Waals surface area contributed by atoms with E-state index < -0.39 is 0 Å². The van der Waals surface area contributed by atoms with Gasteiger partial charge in [-0.25, -0.2) is 0 Å². The number of nitrogens with zero attached hydrogens (tertiary/aromatic N) is 1. The summed E-state index contributed by atoms with van der Waals surface area (Å²) < 4.78 is 2.16. The first-order valence-corrected chi connectivity index (χ1v) is 5.94. The first-order chi connectivity index (χ1) is 7.68. The topological polar surface area (TPSA) is 25.2 Å². The Morgan fingerprint density at radius 3 is 3.00 bits per heavy atom. The maximum atomic E-state index is 10.1. The van der Waals surface area contributed by atoms with Crippen LogP contribution < -0.4 is 0 Å². The van der Waals surface area contributed by atoms with E-state index in [1.165, 1.54) is 22.0 Å². The Balaban J connectivity index is 2.39. The second-order valence-corrected chi connectivity index (χ2v) is 4.85. The Hall–Kier alpha value is -1.28. The van der Waals surface area contributed by atoms with Crippen molar-refractivity contribution in [3.8, 4) is 0 Å². The van der Waals surface area contributed by atoms with Crippen molar-refractivity contribution in [2.24, 2.45) is 7.05 Å². The van der Waals surface area contributed by atoms with Gasteiger partial charge in [0.2, 0.25) is 0 Å². The molecule has 1 aliphatic rings. The fraction of sp³-hybridized carbons (Fsp3) is 0.429. The number of aliphatic hydroxyl groups excluding tert-OH is 1. The molecule has 0 amide bonds. The number of aryl methyl sites for hydroxylation is 3. The van der Waals surface area contributed by atoms with E-state index in [1.807, 2.05) is 0 Å². The maximum absolute atomic E-state index is 10.1. The third-order valence-corrected chi connectivity index (χ3v) is 3.73. The summed E-state index contributed by atoms with van der Waals surface area (Å²) in [6, 6.07) is 6.54.